The molecule has 0 heterocycles. The molecule has 0 aromatic heterocycles. The van der Waals surface area contributed by atoms with Gasteiger partial charge in [-0.2, -0.15) is 0 Å². The predicted molar refractivity (Wildman–Crippen MR) is 193 cm³/mol. The molecule has 0 saturated heterocycles. The van der Waals surface area contributed by atoms with Crippen LogP contribution in [-0.2, 0) is 0 Å². The lowest BCUT2D eigenvalue weighted by Gasteiger charge is -2.37. The fourth-order valence-corrected chi connectivity index (χ4v) is 6.92. The van der Waals surface area contributed by atoms with Crippen molar-refractivity contribution >= 4 is 0 Å². The third kappa shape index (κ3) is 15.8. The van der Waals surface area contributed by atoms with E-state index >= 15 is 0 Å². The van der Waals surface area contributed by atoms with Crippen molar-refractivity contribution < 1.29 is 0 Å². The third-order valence-electron chi connectivity index (χ3n) is 12.4. The minimum atomic E-state index is 0.549. The summed E-state index contributed by atoms with van der Waals surface area (Å²) in [4.78, 5) is 0. The Bertz CT molecular complexity index is 691. The highest BCUT2D eigenvalue weighted by molar-refractivity contribution is 4.97. The van der Waals surface area contributed by atoms with Gasteiger partial charge in [0.1, 0.15) is 0 Å². The van der Waals surface area contributed by atoms with Crippen LogP contribution < -0.4 is 0 Å². The summed E-state index contributed by atoms with van der Waals surface area (Å²) in [6.07, 6.45) is 23.5. The first-order valence-corrected chi connectivity index (χ1v) is 18.9. The summed E-state index contributed by atoms with van der Waals surface area (Å²) >= 11 is 0. The van der Waals surface area contributed by atoms with Gasteiger partial charge < -0.3 is 0 Å². The molecule has 0 nitrogen and oxygen atoms in total. The van der Waals surface area contributed by atoms with Crippen LogP contribution in [0.4, 0.5) is 0 Å². The van der Waals surface area contributed by atoms with E-state index in [-0.39, 0.29) is 0 Å². The van der Waals surface area contributed by atoms with Crippen molar-refractivity contribution in [3.63, 3.8) is 0 Å². The smallest absolute Gasteiger partial charge is 0.0277 e. The molecule has 0 bridgehead atoms. The molecule has 252 valence electrons. The lowest BCUT2D eigenvalue weighted by atomic mass is 9.69. The molecule has 42 heavy (non-hydrogen) atoms. The maximum absolute atomic E-state index is 2.38. The minimum absolute atomic E-state index is 0.549. The van der Waals surface area contributed by atoms with Crippen LogP contribution in [0.15, 0.2) is 0 Å². The van der Waals surface area contributed by atoms with Gasteiger partial charge in [0.05, 0.1) is 0 Å². The second-order valence-electron chi connectivity index (χ2n) is 21.0. The Balaban J connectivity index is 0.000000264. The van der Waals surface area contributed by atoms with Crippen molar-refractivity contribution in [2.75, 3.05) is 0 Å². The van der Waals surface area contributed by atoms with E-state index in [2.05, 4.69) is 111 Å². The minimum Gasteiger partial charge on any atom is -0.0599 e. The molecule has 5 fully saturated rings. The quantitative estimate of drug-likeness (QED) is 0.264. The fourth-order valence-electron chi connectivity index (χ4n) is 6.92. The maximum Gasteiger partial charge on any atom is -0.0277 e. The molecule has 5 saturated carbocycles. The molecule has 0 aliphatic heterocycles. The van der Waals surface area contributed by atoms with Crippen LogP contribution in [0.5, 0.6) is 0 Å². The zero-order valence-corrected chi connectivity index (χ0v) is 32.6. The summed E-state index contributed by atoms with van der Waals surface area (Å²) in [6, 6.07) is 0. The lowest BCUT2D eigenvalue weighted by Crippen LogP contribution is -2.26. The highest BCUT2D eigenvalue weighted by Gasteiger charge is 2.47. The van der Waals surface area contributed by atoms with Gasteiger partial charge >= 0.3 is 0 Å². The van der Waals surface area contributed by atoms with Gasteiger partial charge in [0.25, 0.3) is 0 Å². The number of rotatable bonds is 0. The van der Waals surface area contributed by atoms with Gasteiger partial charge in [-0.05, 0) is 120 Å². The summed E-state index contributed by atoms with van der Waals surface area (Å²) < 4.78 is 0. The molecular weight excluding hydrogens is 504 g/mol. The van der Waals surface area contributed by atoms with Crippen LogP contribution in [0.2, 0.25) is 0 Å². The topological polar surface area (TPSA) is 0 Å². The molecule has 0 spiro atoms. The monoisotopic (exact) mass is 589 g/mol. The third-order valence-corrected chi connectivity index (χ3v) is 12.4. The highest BCUT2D eigenvalue weighted by atomic mass is 14.5. The zero-order chi connectivity index (χ0) is 32.6. The first-order chi connectivity index (χ1) is 18.9. The first-order valence-electron chi connectivity index (χ1n) is 18.9. The van der Waals surface area contributed by atoms with Gasteiger partial charge in [-0.3, -0.25) is 0 Å². The van der Waals surface area contributed by atoms with Crippen molar-refractivity contribution in [3.8, 4) is 0 Å². The Morgan fingerprint density at radius 2 is 0.571 bits per heavy atom. The Labute approximate surface area is 269 Å². The summed E-state index contributed by atoms with van der Waals surface area (Å²) in [6.45, 7) is 37.6. The lowest BCUT2D eigenvalue weighted by molar-refractivity contribution is 0.141. The van der Waals surface area contributed by atoms with Crippen LogP contribution in [0, 0.1) is 56.2 Å². The average Bonchev–Trinajstić information content (AvgIpc) is 3.70. The molecule has 0 aromatic carbocycles. The molecule has 5 rings (SSSR count). The zero-order valence-electron chi connectivity index (χ0n) is 32.6. The molecule has 5 aliphatic carbocycles. The molecule has 0 radical (unpaired) electrons. The molecule has 5 aliphatic rings. The number of hydrogen-bond acceptors (Lipinski definition) is 0. The van der Waals surface area contributed by atoms with E-state index in [9.17, 15) is 0 Å². The second-order valence-corrected chi connectivity index (χ2v) is 21.0. The molecule has 0 atom stereocenters. The van der Waals surface area contributed by atoms with Gasteiger partial charge in [0.15, 0.2) is 0 Å². The normalized spacial score (nSPS) is 23.4. The van der Waals surface area contributed by atoms with Crippen molar-refractivity contribution in [2.24, 2.45) is 56.2 Å². The van der Waals surface area contributed by atoms with E-state index in [0.717, 1.165) is 23.7 Å². The molecule has 0 heteroatoms. The molecule has 0 N–H and O–H groups in total. The average molecular weight is 589 g/mol. The van der Waals surface area contributed by atoms with Crippen LogP contribution in [0.3, 0.4) is 0 Å². The predicted octanol–water partition coefficient (Wildman–Crippen LogP) is 14.9. The standard InChI is InChI=1S/C10H20.C9H18.2C8H16.C7H14/c1-10(2,3)9-7-5-4-6-8-9;1-9(2,3)8-6-4-5-7-8;1-7(2,3)8(4)5-6-8;1-8(2,3)7-5-4-6-7;1-7(2,3)6-4-5-6/h9H,4-8H2,1-3H3;8H,4-7H2,1-3H3;5-6H2,1-4H3;7H,4-6H2,1-3H3;6H,4-5H2,1-3H3. The van der Waals surface area contributed by atoms with Crippen LogP contribution in [-0.4, -0.2) is 0 Å². The van der Waals surface area contributed by atoms with Gasteiger partial charge in [0.2, 0.25) is 0 Å². The highest BCUT2D eigenvalue weighted by Crippen LogP contribution is 2.57. The Morgan fingerprint density at radius 3 is 0.667 bits per heavy atom. The molecule has 0 amide bonds. The molecular formula is C42H84. The van der Waals surface area contributed by atoms with Gasteiger partial charge in [-0.25, -0.2) is 0 Å². The van der Waals surface area contributed by atoms with E-state index in [1.807, 2.05) is 0 Å². The summed E-state index contributed by atoms with van der Waals surface area (Å²) in [5, 5.41) is 0. The Kier molecular flexibility index (Phi) is 15.3. The Hall–Kier alpha value is 0. The van der Waals surface area contributed by atoms with E-state index in [4.69, 9.17) is 0 Å². The molecule has 0 unspecified atom stereocenters. The van der Waals surface area contributed by atoms with Crippen LogP contribution >= 0.6 is 0 Å². The summed E-state index contributed by atoms with van der Waals surface area (Å²) in [5.74, 6) is 4.09. The van der Waals surface area contributed by atoms with Crippen molar-refractivity contribution in [3.05, 3.63) is 0 Å². The van der Waals surface area contributed by atoms with Gasteiger partial charge in [-0.1, -0.05) is 149 Å². The van der Waals surface area contributed by atoms with E-state index in [0.29, 0.717) is 32.5 Å². The number of hydrogen-bond donors (Lipinski definition) is 0. The fraction of sp³-hybridized carbons (Fsp3) is 1.00. The van der Waals surface area contributed by atoms with Crippen LogP contribution in [0.1, 0.15) is 214 Å². The van der Waals surface area contributed by atoms with Crippen molar-refractivity contribution in [2.45, 2.75) is 214 Å². The van der Waals surface area contributed by atoms with Gasteiger partial charge in [-0.15, -0.1) is 0 Å². The van der Waals surface area contributed by atoms with Crippen molar-refractivity contribution in [1.29, 1.82) is 0 Å². The SMILES string of the molecule is CC(C)(C)C1(C)CC1.CC(C)(C)C1CC1.CC(C)(C)C1CCC1.CC(C)(C)C1CCCC1.CC(C)(C)C1CCCCC1. The van der Waals surface area contributed by atoms with Crippen molar-refractivity contribution in [1.82, 2.24) is 0 Å². The Morgan fingerprint density at radius 1 is 0.333 bits per heavy atom. The van der Waals surface area contributed by atoms with E-state index < -0.39 is 0 Å². The maximum atomic E-state index is 2.38. The van der Waals surface area contributed by atoms with E-state index in [1.54, 1.807) is 0 Å². The second kappa shape index (κ2) is 16.0. The largest absolute Gasteiger partial charge is 0.0599 e. The molecule has 0 aromatic rings. The summed E-state index contributed by atoms with van der Waals surface area (Å²) in [5.41, 5.74) is 3.59. The van der Waals surface area contributed by atoms with Gasteiger partial charge in [0, 0.05) is 0 Å². The summed E-state index contributed by atoms with van der Waals surface area (Å²) in [7, 11) is 0. The van der Waals surface area contributed by atoms with Crippen LogP contribution in [0.25, 0.3) is 0 Å². The first kappa shape index (κ1) is 40.0. The van der Waals surface area contributed by atoms with E-state index in [1.165, 1.54) is 103 Å².